The van der Waals surface area contributed by atoms with Crippen molar-refractivity contribution in [2.45, 2.75) is 44.8 Å². The van der Waals surface area contributed by atoms with Crippen LogP contribution in [0.15, 0.2) is 67.0 Å². The van der Waals surface area contributed by atoms with Crippen molar-refractivity contribution in [3.8, 4) is 11.1 Å². The first-order chi connectivity index (χ1) is 19.0. The molecule has 4 rings (SSSR count). The number of aromatic nitrogens is 1. The molecule has 1 aliphatic rings. The lowest BCUT2D eigenvalue weighted by Crippen LogP contribution is -2.56. The molecule has 0 aliphatic carbocycles. The Balaban J connectivity index is 1.48. The van der Waals surface area contributed by atoms with E-state index in [0.717, 1.165) is 41.3 Å². The number of piperazine rings is 1. The van der Waals surface area contributed by atoms with Gasteiger partial charge in [0.25, 0.3) is 0 Å². The largest absolute Gasteiger partial charge is 0.463 e. The fourth-order valence-corrected chi connectivity index (χ4v) is 4.96. The third kappa shape index (κ3) is 6.87. The number of halogens is 3. The molecule has 3 aromatic rings. The van der Waals surface area contributed by atoms with E-state index in [1.165, 1.54) is 12.1 Å². The number of hydrogen-bond donors (Lipinski definition) is 2. The van der Waals surface area contributed by atoms with E-state index < -0.39 is 17.8 Å². The van der Waals surface area contributed by atoms with E-state index in [1.54, 1.807) is 24.5 Å². The fourth-order valence-electron chi connectivity index (χ4n) is 4.96. The number of aryl methyl sites for hydroxylation is 1. The van der Waals surface area contributed by atoms with Crippen LogP contribution in [0.1, 0.15) is 29.2 Å². The van der Waals surface area contributed by atoms with E-state index in [0.29, 0.717) is 26.2 Å². The van der Waals surface area contributed by atoms with Crippen LogP contribution in [0, 0.1) is 6.92 Å². The Morgan fingerprint density at radius 3 is 2.38 bits per heavy atom. The van der Waals surface area contributed by atoms with Gasteiger partial charge >= 0.3 is 12.1 Å². The molecule has 40 heavy (non-hydrogen) atoms. The van der Waals surface area contributed by atoms with Gasteiger partial charge in [0.15, 0.2) is 5.60 Å². The topological polar surface area (TPSA) is 91.9 Å². The number of benzene rings is 2. The quantitative estimate of drug-likeness (QED) is 0.385. The molecule has 0 spiro atoms. The smallest absolute Gasteiger partial charge is 0.421 e. The van der Waals surface area contributed by atoms with Gasteiger partial charge in [0, 0.05) is 51.7 Å². The van der Waals surface area contributed by atoms with Crippen LogP contribution < -0.4 is 5.73 Å². The van der Waals surface area contributed by atoms with Gasteiger partial charge < -0.3 is 15.6 Å². The first kappa shape index (κ1) is 29.7. The van der Waals surface area contributed by atoms with Crippen molar-refractivity contribution < 1.29 is 27.8 Å². The summed E-state index contributed by atoms with van der Waals surface area (Å²) in [5.41, 5.74) is 7.13. The minimum absolute atomic E-state index is 0.165. The van der Waals surface area contributed by atoms with Gasteiger partial charge in [-0.1, -0.05) is 42.5 Å². The number of aliphatic hydroxyl groups is 1. The minimum atomic E-state index is -4.77. The van der Waals surface area contributed by atoms with Crippen LogP contribution in [0.5, 0.6) is 0 Å². The summed E-state index contributed by atoms with van der Waals surface area (Å²) in [4.78, 5) is 21.4. The molecular formula is C30H35F3N4O3. The maximum Gasteiger partial charge on any atom is 0.421 e. The van der Waals surface area contributed by atoms with Gasteiger partial charge in [0.1, 0.15) is 12.6 Å². The summed E-state index contributed by atoms with van der Waals surface area (Å²) < 4.78 is 45.0. The number of nitrogens with two attached hydrogens (primary N) is 1. The molecule has 1 aromatic heterocycles. The van der Waals surface area contributed by atoms with Crippen LogP contribution in [0.3, 0.4) is 0 Å². The van der Waals surface area contributed by atoms with Crippen molar-refractivity contribution in [3.05, 3.63) is 89.2 Å². The van der Waals surface area contributed by atoms with Crippen molar-refractivity contribution in [1.82, 2.24) is 14.8 Å². The molecular weight excluding hydrogens is 521 g/mol. The third-order valence-electron chi connectivity index (χ3n) is 7.35. The molecule has 1 aliphatic heterocycles. The molecule has 2 heterocycles. The first-order valence-corrected chi connectivity index (χ1v) is 13.2. The molecule has 1 fully saturated rings. The van der Waals surface area contributed by atoms with E-state index in [9.17, 15) is 23.1 Å². The van der Waals surface area contributed by atoms with Crippen LogP contribution in [0.4, 0.5) is 13.2 Å². The van der Waals surface area contributed by atoms with E-state index in [2.05, 4.69) is 14.8 Å². The van der Waals surface area contributed by atoms with E-state index in [4.69, 9.17) is 10.5 Å². The highest BCUT2D eigenvalue weighted by atomic mass is 19.4. The average Bonchev–Trinajstić information content (AvgIpc) is 2.92. The van der Waals surface area contributed by atoms with E-state index in [1.807, 2.05) is 37.3 Å². The zero-order valence-corrected chi connectivity index (χ0v) is 22.7. The molecule has 2 atom stereocenters. The van der Waals surface area contributed by atoms with E-state index >= 15 is 0 Å². The number of alkyl halides is 3. The molecule has 7 nitrogen and oxygen atoms in total. The maximum absolute atomic E-state index is 13.2. The highest BCUT2D eigenvalue weighted by Crippen LogP contribution is 2.39. The Hall–Kier alpha value is -3.31. The van der Waals surface area contributed by atoms with Gasteiger partial charge in [-0.3, -0.25) is 19.6 Å². The summed E-state index contributed by atoms with van der Waals surface area (Å²) in [5, 5.41) is 9.95. The molecule has 2 aromatic carbocycles. The highest BCUT2D eigenvalue weighted by Gasteiger charge is 2.51. The first-order valence-electron chi connectivity index (χ1n) is 13.2. The summed E-state index contributed by atoms with van der Waals surface area (Å²) in [6, 6.07) is 15.2. The maximum atomic E-state index is 13.2. The zero-order valence-electron chi connectivity index (χ0n) is 22.7. The fraction of sp³-hybridized carbons (Fsp3) is 0.400. The zero-order chi connectivity index (χ0) is 28.9. The lowest BCUT2D eigenvalue weighted by atomic mass is 9.92. The van der Waals surface area contributed by atoms with Gasteiger partial charge in [-0.2, -0.15) is 13.2 Å². The third-order valence-corrected chi connectivity index (χ3v) is 7.35. The molecule has 0 amide bonds. The number of esters is 1. The second-order valence-electron chi connectivity index (χ2n) is 10.3. The summed E-state index contributed by atoms with van der Waals surface area (Å²) in [6.45, 7) is 6.35. The molecule has 1 saturated heterocycles. The van der Waals surface area contributed by atoms with Gasteiger partial charge in [-0.15, -0.1) is 0 Å². The SMILES string of the molecule is Cc1cc(CN2CCN(Cc3ccncc3)C[C@H]2C(=O)OCCN)ccc1-c1ccc(C(C)(O)C(F)(F)F)cc1. The summed E-state index contributed by atoms with van der Waals surface area (Å²) >= 11 is 0. The summed E-state index contributed by atoms with van der Waals surface area (Å²) in [5.74, 6) is -0.298. The minimum Gasteiger partial charge on any atom is -0.463 e. The Kier molecular flexibility index (Phi) is 9.25. The number of hydrogen-bond acceptors (Lipinski definition) is 7. The van der Waals surface area contributed by atoms with E-state index in [-0.39, 0.29) is 24.7 Å². The van der Waals surface area contributed by atoms with Crippen molar-refractivity contribution in [2.75, 3.05) is 32.8 Å². The van der Waals surface area contributed by atoms with Crippen LogP contribution in [-0.2, 0) is 28.2 Å². The predicted molar refractivity (Wildman–Crippen MR) is 146 cm³/mol. The molecule has 10 heteroatoms. The molecule has 0 radical (unpaired) electrons. The normalized spacial score (nSPS) is 18.3. The predicted octanol–water partition coefficient (Wildman–Crippen LogP) is 4.02. The molecule has 214 valence electrons. The second kappa shape index (κ2) is 12.5. The highest BCUT2D eigenvalue weighted by molar-refractivity contribution is 5.76. The average molecular weight is 557 g/mol. The van der Waals surface area contributed by atoms with Gasteiger partial charge in [-0.05, 0) is 59.4 Å². The van der Waals surface area contributed by atoms with Gasteiger partial charge in [-0.25, -0.2) is 0 Å². The molecule has 0 bridgehead atoms. The Morgan fingerprint density at radius 1 is 1.05 bits per heavy atom. The van der Waals surface area contributed by atoms with Crippen molar-refractivity contribution in [3.63, 3.8) is 0 Å². The van der Waals surface area contributed by atoms with Crippen LogP contribution in [0.25, 0.3) is 11.1 Å². The lowest BCUT2D eigenvalue weighted by molar-refractivity contribution is -0.258. The number of nitrogens with zero attached hydrogens (tertiary/aromatic N) is 3. The number of pyridine rings is 1. The molecule has 1 unspecified atom stereocenters. The second-order valence-corrected chi connectivity index (χ2v) is 10.3. The Morgan fingerprint density at radius 2 is 1.75 bits per heavy atom. The molecule has 0 saturated carbocycles. The van der Waals surface area contributed by atoms with Crippen molar-refractivity contribution in [1.29, 1.82) is 0 Å². The van der Waals surface area contributed by atoms with Gasteiger partial charge in [0.2, 0.25) is 0 Å². The van der Waals surface area contributed by atoms with Crippen LogP contribution >= 0.6 is 0 Å². The van der Waals surface area contributed by atoms with Gasteiger partial charge in [0.05, 0.1) is 0 Å². The van der Waals surface area contributed by atoms with Crippen molar-refractivity contribution in [2.24, 2.45) is 5.73 Å². The summed E-state index contributed by atoms with van der Waals surface area (Å²) in [6.07, 6.45) is -1.26. The Labute approximate surface area is 232 Å². The Bertz CT molecular complexity index is 1280. The number of carbonyl (C=O) groups is 1. The summed E-state index contributed by atoms with van der Waals surface area (Å²) in [7, 11) is 0. The number of carbonyl (C=O) groups excluding carboxylic acids is 1. The standard InChI is InChI=1S/C30H35F3N4O3/c1-21-17-23(3-8-26(21)24-4-6-25(7-5-24)29(2,39)30(31,32)33)19-37-15-14-36(18-22-9-12-35-13-10-22)20-27(37)28(38)40-16-11-34/h3-10,12-13,17,27,39H,11,14-16,18-20,34H2,1-2H3/t27-,29?/m0/s1. The molecule has 3 N–H and O–H groups in total. The number of ether oxygens (including phenoxy) is 1. The number of rotatable bonds is 9. The lowest BCUT2D eigenvalue weighted by Gasteiger charge is -2.40. The van der Waals surface area contributed by atoms with Crippen molar-refractivity contribution >= 4 is 5.97 Å². The van der Waals surface area contributed by atoms with Crippen LogP contribution in [-0.4, -0.2) is 70.9 Å². The monoisotopic (exact) mass is 556 g/mol. The van der Waals surface area contributed by atoms with Crippen LogP contribution in [0.2, 0.25) is 0 Å².